The summed E-state index contributed by atoms with van der Waals surface area (Å²) in [7, 11) is -1.35. The molecule has 0 aliphatic heterocycles. The molecule has 0 unspecified atom stereocenters. The average Bonchev–Trinajstić information content (AvgIpc) is 3.22. The van der Waals surface area contributed by atoms with Crippen molar-refractivity contribution in [1.29, 1.82) is 0 Å². The number of carbonyl (C=O) groups excluding carboxylic acids is 1. The van der Waals surface area contributed by atoms with Crippen LogP contribution in [0.1, 0.15) is 54.9 Å². The van der Waals surface area contributed by atoms with Gasteiger partial charge in [-0.05, 0) is 93.9 Å². The number of ketones is 1. The number of hydrogen-bond donors (Lipinski definition) is 0. The second-order valence-electron chi connectivity index (χ2n) is 15.4. The fraction of sp³-hybridized carbons (Fsp3) is 0.262. The monoisotopic (exact) mass is 1250 g/mol. The van der Waals surface area contributed by atoms with Crippen LogP contribution < -0.4 is 21.9 Å². The number of benzene rings is 5. The minimum Gasteiger partial charge on any atom is -0.289 e. The van der Waals surface area contributed by atoms with E-state index in [1.165, 1.54) is 0 Å². The van der Waals surface area contributed by atoms with Crippen LogP contribution in [0.25, 0.3) is 0 Å². The summed E-state index contributed by atoms with van der Waals surface area (Å²) in [5.41, 5.74) is -29.7. The molecule has 0 heterocycles. The molecule has 0 atom stereocenters. The third-order valence-corrected chi connectivity index (χ3v) is 15.4. The highest BCUT2D eigenvalue weighted by molar-refractivity contribution is 8.07. The summed E-state index contributed by atoms with van der Waals surface area (Å²) in [6.45, 7) is 0. The van der Waals surface area contributed by atoms with E-state index < -0.39 is 212 Å². The number of hydrogen-bond acceptors (Lipinski definition) is 1. The van der Waals surface area contributed by atoms with Crippen LogP contribution in [0.3, 0.4) is 0 Å². The van der Waals surface area contributed by atoms with Crippen LogP contribution in [-0.4, -0.2) is 23.9 Å². The summed E-state index contributed by atoms with van der Waals surface area (Å²) in [6, 6.07) is -0.247. The molecule has 33 heteroatoms. The molecule has 0 radical (unpaired) electrons. The summed E-state index contributed by atoms with van der Waals surface area (Å²) in [4.78, 5) is 12.0. The average molecular weight is 1250 g/mol. The standard InChI is InChI=1S/C32H12BF24.C10H7Cl6OS/c34-25(35,36)13-1-14(26(37,38)39)6-21(5-13)33(22-7-15(27(40,41)42)2-16(8-22)28(43,44)45,23-9-17(29(46,47)48)3-18(10-23)30(49,50)51)24-11-19(31(52,53)54)4-20(12-24)32(55,56)57;11-9(12,13)18(10(14,15)16)6-8(17)7-4-2-1-3-5-7/h1-12H;1-5H,6H2/q-1;+1. The van der Waals surface area contributed by atoms with Crippen LogP contribution in [0.4, 0.5) is 105 Å². The maximum absolute atomic E-state index is 14.2. The van der Waals surface area contributed by atoms with Gasteiger partial charge in [0.15, 0.2) is 5.75 Å². The molecule has 0 saturated carbocycles. The normalized spacial score (nSPS) is 14.0. The van der Waals surface area contributed by atoms with E-state index in [9.17, 15) is 110 Å². The molecule has 1 nitrogen and oxygen atoms in total. The Kier molecular flexibility index (Phi) is 18.3. The van der Waals surface area contributed by atoms with Crippen molar-refractivity contribution >= 4 is 114 Å². The SMILES string of the molecule is FC(F)(F)c1cc([B-](c2cc(C(F)(F)F)cc(C(F)(F)F)c2)(c2cc(C(F)(F)F)cc(C(F)(F)F)c2)c2cc(C(F)(F)F)cc(C(F)(F)F)c2)cc(C(F)(F)F)c1.O=C(C[S+](C(Cl)(Cl)Cl)C(Cl)(Cl)Cl)c1ccccc1. The molecule has 0 N–H and O–H groups in total. The van der Waals surface area contributed by atoms with E-state index >= 15 is 0 Å². The van der Waals surface area contributed by atoms with Crippen LogP contribution in [-0.2, 0) is 60.3 Å². The van der Waals surface area contributed by atoms with Gasteiger partial charge in [-0.1, -0.05) is 78.9 Å². The van der Waals surface area contributed by atoms with Gasteiger partial charge in [0.25, 0.3) is 0 Å². The first-order valence-electron chi connectivity index (χ1n) is 19.2. The second-order valence-corrected chi connectivity index (χ2v) is 23.6. The lowest BCUT2D eigenvalue weighted by molar-refractivity contribution is -0.144. The van der Waals surface area contributed by atoms with Gasteiger partial charge in [-0.25, -0.2) is 0 Å². The largest absolute Gasteiger partial charge is 0.416 e. The zero-order valence-electron chi connectivity index (χ0n) is 35.3. The maximum atomic E-state index is 14.2. The van der Waals surface area contributed by atoms with Crippen molar-refractivity contribution in [2.24, 2.45) is 0 Å². The lowest BCUT2D eigenvalue weighted by Crippen LogP contribution is -2.75. The van der Waals surface area contributed by atoms with Gasteiger partial charge in [-0.3, -0.25) is 4.79 Å². The van der Waals surface area contributed by atoms with E-state index in [1.807, 2.05) is 0 Å². The summed E-state index contributed by atoms with van der Waals surface area (Å²) >= 11 is 34.5. The minimum atomic E-state index is -6.13. The van der Waals surface area contributed by atoms with Crippen LogP contribution in [0.15, 0.2) is 103 Å². The van der Waals surface area contributed by atoms with E-state index in [1.54, 1.807) is 30.3 Å². The Labute approximate surface area is 437 Å². The third-order valence-electron chi connectivity index (χ3n) is 10.4. The smallest absolute Gasteiger partial charge is 0.289 e. The number of halogens is 30. The number of Topliss-reactive ketones (excluding diaryl/α,β-unsaturated/α-hetero) is 1. The summed E-state index contributed by atoms with van der Waals surface area (Å²) in [5, 5.41) is 0. The van der Waals surface area contributed by atoms with Crippen molar-refractivity contribution in [3.8, 4) is 0 Å². The van der Waals surface area contributed by atoms with Crippen molar-refractivity contribution < 1.29 is 110 Å². The van der Waals surface area contributed by atoms with E-state index in [0.29, 0.717) is 5.56 Å². The maximum Gasteiger partial charge on any atom is 0.416 e. The van der Waals surface area contributed by atoms with Gasteiger partial charge in [0.2, 0.25) is 5.78 Å². The van der Waals surface area contributed by atoms with E-state index in [2.05, 4.69) is 0 Å². The van der Waals surface area contributed by atoms with E-state index in [-0.39, 0.29) is 11.5 Å². The van der Waals surface area contributed by atoms with Gasteiger partial charge < -0.3 is 0 Å². The fourth-order valence-electron chi connectivity index (χ4n) is 7.20. The zero-order valence-corrected chi connectivity index (χ0v) is 40.6. The molecule has 0 bridgehead atoms. The zero-order chi connectivity index (χ0) is 57.9. The summed E-state index contributed by atoms with van der Waals surface area (Å²) < 4.78 is 337. The highest BCUT2D eigenvalue weighted by Gasteiger charge is 2.58. The van der Waals surface area contributed by atoms with Crippen molar-refractivity contribution in [2.45, 2.75) is 55.7 Å². The highest BCUT2D eigenvalue weighted by Crippen LogP contribution is 2.49. The number of alkyl halides is 30. The molecule has 5 aromatic rings. The van der Waals surface area contributed by atoms with Crippen LogP contribution in [0, 0.1) is 0 Å². The third kappa shape index (κ3) is 15.7. The Morgan fingerprint density at radius 2 is 0.520 bits per heavy atom. The topological polar surface area (TPSA) is 17.1 Å². The molecule has 5 rings (SSSR count). The Balaban J connectivity index is 0.000000569. The Morgan fingerprint density at radius 3 is 0.680 bits per heavy atom. The highest BCUT2D eigenvalue weighted by atomic mass is 35.6. The van der Waals surface area contributed by atoms with Gasteiger partial charge in [0.05, 0.1) is 44.5 Å². The lowest BCUT2D eigenvalue weighted by Gasteiger charge is -2.46. The predicted molar refractivity (Wildman–Crippen MR) is 234 cm³/mol. The van der Waals surface area contributed by atoms with Crippen LogP contribution >= 0.6 is 69.6 Å². The fourth-order valence-corrected chi connectivity index (χ4v) is 12.4. The minimum absolute atomic E-state index is 0.142. The molecule has 5 aromatic carbocycles. The number of carbonyl (C=O) groups is 1. The first-order chi connectivity index (χ1) is 33.4. The second kappa shape index (κ2) is 21.5. The van der Waals surface area contributed by atoms with Gasteiger partial charge in [-0.2, -0.15) is 127 Å². The molecule has 0 saturated heterocycles. The molecular formula is C42H19BCl6F24OS. The Hall–Kier alpha value is -3.76. The van der Waals surface area contributed by atoms with E-state index in [0.717, 1.165) is 0 Å². The van der Waals surface area contributed by atoms with E-state index in [4.69, 9.17) is 69.6 Å². The summed E-state index contributed by atoms with van der Waals surface area (Å²) in [5.74, 6) is -0.381. The van der Waals surface area contributed by atoms with Crippen molar-refractivity contribution in [1.82, 2.24) is 0 Å². The molecular weight excluding hydrogens is 1230 g/mol. The Morgan fingerprint density at radius 1 is 0.333 bits per heavy atom. The quantitative estimate of drug-likeness (QED) is 0.0522. The molecule has 0 aliphatic carbocycles. The first kappa shape index (κ1) is 63.8. The van der Waals surface area contributed by atoms with Crippen molar-refractivity contribution in [3.63, 3.8) is 0 Å². The summed E-state index contributed by atoms with van der Waals surface area (Å²) in [6.07, 6.45) is -54.8. The van der Waals surface area contributed by atoms with Gasteiger partial charge in [0.1, 0.15) is 17.0 Å². The van der Waals surface area contributed by atoms with Crippen molar-refractivity contribution in [2.75, 3.05) is 5.75 Å². The molecule has 0 amide bonds. The van der Waals surface area contributed by atoms with Gasteiger partial charge >= 0.3 is 55.7 Å². The molecule has 0 aliphatic rings. The molecule has 0 fully saturated rings. The molecule has 412 valence electrons. The van der Waals surface area contributed by atoms with Gasteiger partial charge in [-0.15, -0.1) is 0 Å². The first-order valence-corrected chi connectivity index (χ1v) is 22.8. The van der Waals surface area contributed by atoms with Crippen LogP contribution in [0.2, 0.25) is 0 Å². The molecule has 0 spiro atoms. The molecule has 0 aromatic heterocycles. The lowest BCUT2D eigenvalue weighted by atomic mass is 9.12. The Bertz CT molecular complexity index is 2410. The molecule has 75 heavy (non-hydrogen) atoms. The van der Waals surface area contributed by atoms with Crippen molar-refractivity contribution in [3.05, 3.63) is 153 Å². The number of rotatable bonds is 7. The van der Waals surface area contributed by atoms with Crippen LogP contribution in [0.5, 0.6) is 0 Å². The predicted octanol–water partition coefficient (Wildman–Crippen LogP) is 16.4. The van der Waals surface area contributed by atoms with Gasteiger partial charge in [0, 0.05) is 5.56 Å².